The Morgan fingerprint density at radius 2 is 2.22 bits per heavy atom. The summed E-state index contributed by atoms with van der Waals surface area (Å²) < 4.78 is 0. The minimum atomic E-state index is -0.744. The Kier molecular flexibility index (Phi) is 4.33. The summed E-state index contributed by atoms with van der Waals surface area (Å²) >= 11 is 0. The standard InChI is InChI=1S/C14H20N2O2/c1-11-9-15-7-8-16(11)10-13(14(17)18)12-5-3-2-4-6-12/h2-6,11,13,15H,7-10H2,1H3,(H,17,18)/t11-,13?/m0/s1. The van der Waals surface area contributed by atoms with Crippen molar-refractivity contribution >= 4 is 5.97 Å². The highest BCUT2D eigenvalue weighted by Crippen LogP contribution is 2.19. The van der Waals surface area contributed by atoms with Crippen molar-refractivity contribution in [1.82, 2.24) is 10.2 Å². The molecule has 0 aliphatic carbocycles. The van der Waals surface area contributed by atoms with E-state index in [2.05, 4.69) is 17.1 Å². The van der Waals surface area contributed by atoms with Crippen molar-refractivity contribution in [2.24, 2.45) is 0 Å². The predicted octanol–water partition coefficient (Wildman–Crippen LogP) is 1.15. The number of carboxylic acids is 1. The highest BCUT2D eigenvalue weighted by atomic mass is 16.4. The number of nitrogens with zero attached hydrogens (tertiary/aromatic N) is 1. The SMILES string of the molecule is C[C@H]1CNCCN1CC(C(=O)O)c1ccccc1. The molecule has 2 N–H and O–H groups in total. The van der Waals surface area contributed by atoms with Gasteiger partial charge in [0.15, 0.2) is 0 Å². The lowest BCUT2D eigenvalue weighted by atomic mass is 9.97. The Labute approximate surface area is 108 Å². The fourth-order valence-electron chi connectivity index (χ4n) is 2.40. The van der Waals surface area contributed by atoms with Crippen LogP contribution < -0.4 is 5.32 Å². The van der Waals surface area contributed by atoms with Gasteiger partial charge in [-0.25, -0.2) is 0 Å². The van der Waals surface area contributed by atoms with Gasteiger partial charge in [0.1, 0.15) is 0 Å². The van der Waals surface area contributed by atoms with Crippen LogP contribution in [0.5, 0.6) is 0 Å². The van der Waals surface area contributed by atoms with Crippen LogP contribution in [0, 0.1) is 0 Å². The first-order valence-corrected chi connectivity index (χ1v) is 6.41. The number of nitrogens with one attached hydrogen (secondary N) is 1. The first-order valence-electron chi connectivity index (χ1n) is 6.41. The van der Waals surface area contributed by atoms with E-state index in [4.69, 9.17) is 0 Å². The largest absolute Gasteiger partial charge is 0.481 e. The molecule has 1 saturated heterocycles. The molecule has 4 heteroatoms. The molecule has 1 aliphatic rings. The van der Waals surface area contributed by atoms with Gasteiger partial charge in [-0.15, -0.1) is 0 Å². The molecule has 0 aromatic heterocycles. The van der Waals surface area contributed by atoms with Crippen LogP contribution in [0.25, 0.3) is 0 Å². The van der Waals surface area contributed by atoms with Crippen LogP contribution in [0.4, 0.5) is 0 Å². The van der Waals surface area contributed by atoms with Gasteiger partial charge < -0.3 is 10.4 Å². The van der Waals surface area contributed by atoms with E-state index in [1.807, 2.05) is 30.3 Å². The summed E-state index contributed by atoms with van der Waals surface area (Å²) in [7, 11) is 0. The average molecular weight is 248 g/mol. The molecule has 1 fully saturated rings. The Hall–Kier alpha value is -1.39. The van der Waals surface area contributed by atoms with E-state index in [0.29, 0.717) is 12.6 Å². The van der Waals surface area contributed by atoms with Gasteiger partial charge in [-0.2, -0.15) is 0 Å². The number of rotatable bonds is 4. The lowest BCUT2D eigenvalue weighted by molar-refractivity contribution is -0.139. The second-order valence-electron chi connectivity index (χ2n) is 4.85. The molecule has 2 rings (SSSR count). The number of benzene rings is 1. The molecule has 0 amide bonds. The van der Waals surface area contributed by atoms with Crippen molar-refractivity contribution in [2.75, 3.05) is 26.2 Å². The van der Waals surface area contributed by atoms with Gasteiger partial charge in [0, 0.05) is 32.2 Å². The highest BCUT2D eigenvalue weighted by Gasteiger charge is 2.26. The van der Waals surface area contributed by atoms with Crippen LogP contribution in [0.2, 0.25) is 0 Å². The van der Waals surface area contributed by atoms with Crippen LogP contribution >= 0.6 is 0 Å². The number of aliphatic carboxylic acids is 1. The summed E-state index contributed by atoms with van der Waals surface area (Å²) in [6.45, 7) is 5.50. The van der Waals surface area contributed by atoms with Crippen molar-refractivity contribution in [2.45, 2.75) is 18.9 Å². The summed E-state index contributed by atoms with van der Waals surface area (Å²) in [5.41, 5.74) is 0.885. The summed E-state index contributed by atoms with van der Waals surface area (Å²) in [6.07, 6.45) is 0. The molecule has 98 valence electrons. The van der Waals surface area contributed by atoms with Gasteiger partial charge >= 0.3 is 5.97 Å². The van der Waals surface area contributed by atoms with Crippen molar-refractivity contribution in [3.63, 3.8) is 0 Å². The third-order valence-electron chi connectivity index (χ3n) is 3.56. The summed E-state index contributed by atoms with van der Waals surface area (Å²) in [5, 5.41) is 12.7. The summed E-state index contributed by atoms with van der Waals surface area (Å²) in [5.74, 6) is -1.18. The fourth-order valence-corrected chi connectivity index (χ4v) is 2.40. The topological polar surface area (TPSA) is 52.6 Å². The van der Waals surface area contributed by atoms with Crippen molar-refractivity contribution in [3.05, 3.63) is 35.9 Å². The molecule has 4 nitrogen and oxygen atoms in total. The molecule has 1 aromatic carbocycles. The van der Waals surface area contributed by atoms with Gasteiger partial charge in [0.25, 0.3) is 0 Å². The zero-order chi connectivity index (χ0) is 13.0. The average Bonchev–Trinajstić information content (AvgIpc) is 2.38. The zero-order valence-corrected chi connectivity index (χ0v) is 10.7. The van der Waals surface area contributed by atoms with Gasteiger partial charge in [0.05, 0.1) is 5.92 Å². The summed E-state index contributed by atoms with van der Waals surface area (Å²) in [6, 6.07) is 9.89. The number of hydrogen-bond donors (Lipinski definition) is 2. The third kappa shape index (κ3) is 3.09. The monoisotopic (exact) mass is 248 g/mol. The van der Waals surface area contributed by atoms with E-state index in [1.54, 1.807) is 0 Å². The maximum Gasteiger partial charge on any atom is 0.312 e. The van der Waals surface area contributed by atoms with E-state index in [0.717, 1.165) is 25.2 Å². The maximum absolute atomic E-state index is 11.4. The molecule has 18 heavy (non-hydrogen) atoms. The second-order valence-corrected chi connectivity index (χ2v) is 4.85. The molecule has 1 unspecified atom stereocenters. The molecule has 0 saturated carbocycles. The third-order valence-corrected chi connectivity index (χ3v) is 3.56. The molecule has 1 aliphatic heterocycles. The zero-order valence-electron chi connectivity index (χ0n) is 10.7. The smallest absolute Gasteiger partial charge is 0.312 e. The lowest BCUT2D eigenvalue weighted by Gasteiger charge is -2.35. The number of hydrogen-bond acceptors (Lipinski definition) is 3. The van der Waals surface area contributed by atoms with E-state index in [-0.39, 0.29) is 0 Å². The number of carboxylic acid groups (broad SMARTS) is 1. The minimum Gasteiger partial charge on any atom is -0.481 e. The first kappa shape index (κ1) is 13.1. The highest BCUT2D eigenvalue weighted by molar-refractivity contribution is 5.76. The number of piperazine rings is 1. The normalized spacial score (nSPS) is 22.6. The quantitative estimate of drug-likeness (QED) is 0.839. The molecule has 1 aromatic rings. The van der Waals surface area contributed by atoms with Gasteiger partial charge in [-0.05, 0) is 12.5 Å². The summed E-state index contributed by atoms with van der Waals surface area (Å²) in [4.78, 5) is 13.7. The Morgan fingerprint density at radius 3 is 2.83 bits per heavy atom. The Balaban J connectivity index is 2.09. The Bertz CT molecular complexity index is 394. The molecule has 0 spiro atoms. The minimum absolute atomic E-state index is 0.393. The molecule has 0 radical (unpaired) electrons. The first-order chi connectivity index (χ1) is 8.68. The molecular weight excluding hydrogens is 228 g/mol. The van der Waals surface area contributed by atoms with Crippen LogP contribution in [0.1, 0.15) is 18.4 Å². The molecule has 1 heterocycles. The lowest BCUT2D eigenvalue weighted by Crippen LogP contribution is -2.51. The van der Waals surface area contributed by atoms with Gasteiger partial charge in [-0.3, -0.25) is 9.69 Å². The maximum atomic E-state index is 11.4. The van der Waals surface area contributed by atoms with E-state index < -0.39 is 11.9 Å². The van der Waals surface area contributed by atoms with Gasteiger partial charge in [0.2, 0.25) is 0 Å². The predicted molar refractivity (Wildman–Crippen MR) is 70.7 cm³/mol. The van der Waals surface area contributed by atoms with Gasteiger partial charge in [-0.1, -0.05) is 30.3 Å². The number of carbonyl (C=O) groups is 1. The van der Waals surface area contributed by atoms with Crippen LogP contribution in [0.15, 0.2) is 30.3 Å². The van der Waals surface area contributed by atoms with E-state index in [1.165, 1.54) is 0 Å². The van der Waals surface area contributed by atoms with Crippen LogP contribution in [-0.2, 0) is 4.79 Å². The fraction of sp³-hybridized carbons (Fsp3) is 0.500. The van der Waals surface area contributed by atoms with Crippen molar-refractivity contribution < 1.29 is 9.90 Å². The molecular formula is C14H20N2O2. The van der Waals surface area contributed by atoms with Crippen molar-refractivity contribution in [3.8, 4) is 0 Å². The Morgan fingerprint density at radius 1 is 1.50 bits per heavy atom. The van der Waals surface area contributed by atoms with Crippen molar-refractivity contribution in [1.29, 1.82) is 0 Å². The molecule has 2 atom stereocenters. The van der Waals surface area contributed by atoms with E-state index in [9.17, 15) is 9.90 Å². The molecule has 0 bridgehead atoms. The van der Waals surface area contributed by atoms with Crippen LogP contribution in [-0.4, -0.2) is 48.2 Å². The second kappa shape index (κ2) is 5.98. The van der Waals surface area contributed by atoms with E-state index >= 15 is 0 Å². The van der Waals surface area contributed by atoms with Crippen LogP contribution in [0.3, 0.4) is 0 Å².